The molecule has 2 aromatic rings. The molecule has 0 heterocycles. The summed E-state index contributed by atoms with van der Waals surface area (Å²) in [6.45, 7) is 1.45. The number of para-hydroxylation sites is 1. The number of anilines is 3. The van der Waals surface area contributed by atoms with Gasteiger partial charge in [-0.25, -0.2) is 4.79 Å². The first-order valence-electron chi connectivity index (χ1n) is 6.25. The van der Waals surface area contributed by atoms with Crippen LogP contribution in [0.4, 0.5) is 21.9 Å². The second-order valence-corrected chi connectivity index (χ2v) is 5.48. The van der Waals surface area contributed by atoms with E-state index in [9.17, 15) is 9.59 Å². The summed E-state index contributed by atoms with van der Waals surface area (Å²) in [5, 5.41) is 8.17. The van der Waals surface area contributed by atoms with Crippen molar-refractivity contribution in [3.8, 4) is 0 Å². The van der Waals surface area contributed by atoms with E-state index in [1.54, 1.807) is 24.3 Å². The molecule has 3 amide bonds. The van der Waals surface area contributed by atoms with Gasteiger partial charge in [0.15, 0.2) is 0 Å². The number of amides is 3. The number of hydrogen-bond acceptors (Lipinski definition) is 2. The zero-order valence-corrected chi connectivity index (χ0v) is 13.5. The highest BCUT2D eigenvalue weighted by Crippen LogP contribution is 2.18. The van der Waals surface area contributed by atoms with Gasteiger partial charge >= 0.3 is 6.03 Å². The van der Waals surface area contributed by atoms with E-state index in [0.29, 0.717) is 11.4 Å². The fourth-order valence-corrected chi connectivity index (χ4v) is 2.21. The van der Waals surface area contributed by atoms with Crippen LogP contribution < -0.4 is 16.0 Å². The second kappa shape index (κ2) is 7.07. The topological polar surface area (TPSA) is 70.2 Å². The molecule has 0 spiro atoms. The Hall–Kier alpha value is -2.09. The number of hydrogen-bond donors (Lipinski definition) is 3. The van der Waals surface area contributed by atoms with Crippen molar-refractivity contribution in [2.24, 2.45) is 0 Å². The lowest BCUT2D eigenvalue weighted by Gasteiger charge is -2.09. The summed E-state index contributed by atoms with van der Waals surface area (Å²) in [7, 11) is 0. The summed E-state index contributed by atoms with van der Waals surface area (Å²) in [5.41, 5.74) is 2.09. The Balaban J connectivity index is 1.96. The van der Waals surface area contributed by atoms with E-state index in [1.165, 1.54) is 6.92 Å². The minimum absolute atomic E-state index is 0.132. The van der Waals surface area contributed by atoms with Crippen molar-refractivity contribution >= 4 is 51.6 Å². The minimum atomic E-state index is -0.314. The predicted octanol–water partition coefficient (Wildman–Crippen LogP) is 3.89. The van der Waals surface area contributed by atoms with Gasteiger partial charge in [0.1, 0.15) is 0 Å². The summed E-state index contributed by atoms with van der Waals surface area (Å²) in [5.74, 6) is -0.132. The Morgan fingerprint density at radius 1 is 0.857 bits per heavy atom. The number of nitrogens with one attached hydrogen (secondary N) is 3. The number of halogens is 1. The highest BCUT2D eigenvalue weighted by Gasteiger charge is 2.05. The molecule has 0 aliphatic carbocycles. The number of urea groups is 1. The van der Waals surface area contributed by atoms with Crippen LogP contribution in [-0.2, 0) is 4.79 Å². The van der Waals surface area contributed by atoms with Crippen LogP contribution in [0, 0.1) is 3.57 Å². The van der Waals surface area contributed by atoms with Crippen LogP contribution in [0.1, 0.15) is 6.92 Å². The standard InChI is InChI=1S/C15H14IN3O2/c1-10(20)17-11-6-8-12(9-7-11)18-15(21)19-14-5-3-2-4-13(14)16/h2-9H,1H3,(H,17,20)(H2,18,19,21). The average Bonchev–Trinajstić information content (AvgIpc) is 2.43. The van der Waals surface area contributed by atoms with Gasteiger partial charge < -0.3 is 16.0 Å². The van der Waals surface area contributed by atoms with E-state index < -0.39 is 0 Å². The molecule has 0 unspecified atom stereocenters. The van der Waals surface area contributed by atoms with E-state index >= 15 is 0 Å². The number of carbonyl (C=O) groups is 2. The van der Waals surface area contributed by atoms with Crippen LogP contribution in [0.5, 0.6) is 0 Å². The zero-order chi connectivity index (χ0) is 15.2. The first kappa shape index (κ1) is 15.3. The Morgan fingerprint density at radius 3 is 2.00 bits per heavy atom. The first-order chi connectivity index (χ1) is 10.0. The Kier molecular flexibility index (Phi) is 5.15. The van der Waals surface area contributed by atoms with Crippen molar-refractivity contribution in [1.82, 2.24) is 0 Å². The van der Waals surface area contributed by atoms with Gasteiger partial charge in [0.05, 0.1) is 5.69 Å². The lowest BCUT2D eigenvalue weighted by molar-refractivity contribution is -0.114. The van der Waals surface area contributed by atoms with Gasteiger partial charge in [-0.1, -0.05) is 12.1 Å². The molecule has 0 aliphatic heterocycles. The van der Waals surface area contributed by atoms with Crippen molar-refractivity contribution in [2.75, 3.05) is 16.0 Å². The molecule has 6 heteroatoms. The zero-order valence-electron chi connectivity index (χ0n) is 11.3. The van der Waals surface area contributed by atoms with Gasteiger partial charge in [0, 0.05) is 21.9 Å². The van der Waals surface area contributed by atoms with E-state index in [-0.39, 0.29) is 11.9 Å². The quantitative estimate of drug-likeness (QED) is 0.691. The molecular formula is C15H14IN3O2. The van der Waals surface area contributed by atoms with Gasteiger partial charge in [-0.3, -0.25) is 4.79 Å². The summed E-state index contributed by atoms with van der Waals surface area (Å²) in [4.78, 5) is 22.8. The molecule has 3 N–H and O–H groups in total. The second-order valence-electron chi connectivity index (χ2n) is 4.32. The molecule has 0 saturated carbocycles. The van der Waals surface area contributed by atoms with Gasteiger partial charge in [-0.05, 0) is 59.0 Å². The van der Waals surface area contributed by atoms with Gasteiger partial charge in [0.2, 0.25) is 5.91 Å². The van der Waals surface area contributed by atoms with Crippen molar-refractivity contribution < 1.29 is 9.59 Å². The number of benzene rings is 2. The third-order valence-corrected chi connectivity index (χ3v) is 3.53. The molecule has 5 nitrogen and oxygen atoms in total. The molecule has 0 radical (unpaired) electrons. The summed E-state index contributed by atoms with van der Waals surface area (Å²) >= 11 is 2.16. The fourth-order valence-electron chi connectivity index (χ4n) is 1.69. The predicted molar refractivity (Wildman–Crippen MR) is 92.5 cm³/mol. The molecule has 2 rings (SSSR count). The van der Waals surface area contributed by atoms with E-state index in [2.05, 4.69) is 38.5 Å². The van der Waals surface area contributed by atoms with E-state index in [0.717, 1.165) is 9.26 Å². The third kappa shape index (κ3) is 4.75. The Morgan fingerprint density at radius 2 is 1.43 bits per heavy atom. The highest BCUT2D eigenvalue weighted by molar-refractivity contribution is 14.1. The Bertz CT molecular complexity index is 656. The highest BCUT2D eigenvalue weighted by atomic mass is 127. The maximum absolute atomic E-state index is 11.9. The van der Waals surface area contributed by atoms with Gasteiger partial charge in [-0.2, -0.15) is 0 Å². The fraction of sp³-hybridized carbons (Fsp3) is 0.0667. The van der Waals surface area contributed by atoms with Crippen molar-refractivity contribution in [2.45, 2.75) is 6.92 Å². The lowest BCUT2D eigenvalue weighted by atomic mass is 10.3. The van der Waals surface area contributed by atoms with Crippen LogP contribution in [0.3, 0.4) is 0 Å². The molecule has 0 saturated heterocycles. The van der Waals surface area contributed by atoms with E-state index in [4.69, 9.17) is 0 Å². The largest absolute Gasteiger partial charge is 0.326 e. The monoisotopic (exact) mass is 395 g/mol. The van der Waals surface area contributed by atoms with Crippen LogP contribution in [0.2, 0.25) is 0 Å². The summed E-state index contributed by atoms with van der Waals surface area (Å²) in [6, 6.07) is 14.1. The van der Waals surface area contributed by atoms with Crippen LogP contribution in [-0.4, -0.2) is 11.9 Å². The van der Waals surface area contributed by atoms with Crippen molar-refractivity contribution in [3.05, 3.63) is 52.1 Å². The number of carbonyl (C=O) groups excluding carboxylic acids is 2. The van der Waals surface area contributed by atoms with Crippen molar-refractivity contribution in [3.63, 3.8) is 0 Å². The molecule has 21 heavy (non-hydrogen) atoms. The smallest absolute Gasteiger partial charge is 0.323 e. The number of rotatable bonds is 3. The summed E-state index contributed by atoms with van der Waals surface area (Å²) in [6.07, 6.45) is 0. The van der Waals surface area contributed by atoms with Crippen LogP contribution in [0.25, 0.3) is 0 Å². The van der Waals surface area contributed by atoms with Crippen molar-refractivity contribution in [1.29, 1.82) is 0 Å². The lowest BCUT2D eigenvalue weighted by Crippen LogP contribution is -2.19. The van der Waals surface area contributed by atoms with Gasteiger partial charge in [0.25, 0.3) is 0 Å². The molecule has 0 fully saturated rings. The normalized spacial score (nSPS) is 9.81. The molecule has 2 aromatic carbocycles. The third-order valence-electron chi connectivity index (χ3n) is 2.59. The first-order valence-corrected chi connectivity index (χ1v) is 7.32. The maximum Gasteiger partial charge on any atom is 0.323 e. The molecule has 0 bridgehead atoms. The molecule has 0 atom stereocenters. The summed E-state index contributed by atoms with van der Waals surface area (Å²) < 4.78 is 0.964. The molecule has 108 valence electrons. The van der Waals surface area contributed by atoms with Gasteiger partial charge in [-0.15, -0.1) is 0 Å². The molecule has 0 aromatic heterocycles. The average molecular weight is 395 g/mol. The molecule has 0 aliphatic rings. The van der Waals surface area contributed by atoms with E-state index in [1.807, 2.05) is 24.3 Å². The minimum Gasteiger partial charge on any atom is -0.326 e. The Labute approximate surface area is 136 Å². The van der Waals surface area contributed by atoms with Crippen LogP contribution >= 0.6 is 22.6 Å². The van der Waals surface area contributed by atoms with Crippen LogP contribution in [0.15, 0.2) is 48.5 Å². The SMILES string of the molecule is CC(=O)Nc1ccc(NC(=O)Nc2ccccc2I)cc1. The maximum atomic E-state index is 11.9. The molecular weight excluding hydrogens is 381 g/mol.